The summed E-state index contributed by atoms with van der Waals surface area (Å²) in [7, 11) is 0. The molecule has 1 atom stereocenters. The first kappa shape index (κ1) is 14.6. The Kier molecular flexibility index (Phi) is 3.58. The van der Waals surface area contributed by atoms with Gasteiger partial charge in [-0.05, 0) is 61.5 Å². The van der Waals surface area contributed by atoms with E-state index in [0.717, 1.165) is 44.1 Å². The summed E-state index contributed by atoms with van der Waals surface area (Å²) in [5, 5.41) is 21.3. The van der Waals surface area contributed by atoms with E-state index in [-0.39, 0.29) is 0 Å². The summed E-state index contributed by atoms with van der Waals surface area (Å²) in [6, 6.07) is 10.7. The quantitative estimate of drug-likeness (QED) is 0.892. The van der Waals surface area contributed by atoms with Crippen molar-refractivity contribution < 1.29 is 5.11 Å². The SMILES string of the molecule is CC(C)C1CCC(O)(C2(C#N)CCc3ccccc32)CC1. The van der Waals surface area contributed by atoms with Gasteiger partial charge in [0.05, 0.1) is 11.7 Å². The van der Waals surface area contributed by atoms with E-state index in [1.54, 1.807) is 0 Å². The van der Waals surface area contributed by atoms with Crippen molar-refractivity contribution in [1.29, 1.82) is 5.26 Å². The number of aliphatic hydroxyl groups is 1. The molecule has 0 amide bonds. The Labute approximate surface area is 127 Å². The molecule has 1 N–H and O–H groups in total. The number of rotatable bonds is 2. The number of fused-ring (bicyclic) bond motifs is 1. The van der Waals surface area contributed by atoms with E-state index < -0.39 is 11.0 Å². The van der Waals surface area contributed by atoms with Gasteiger partial charge in [-0.3, -0.25) is 0 Å². The summed E-state index contributed by atoms with van der Waals surface area (Å²) >= 11 is 0. The van der Waals surface area contributed by atoms with E-state index in [2.05, 4.69) is 32.0 Å². The zero-order valence-corrected chi connectivity index (χ0v) is 13.1. The number of aryl methyl sites for hydroxylation is 1. The molecular formula is C19H25NO. The molecule has 0 aromatic heterocycles. The van der Waals surface area contributed by atoms with Gasteiger partial charge in [-0.15, -0.1) is 0 Å². The fourth-order valence-corrected chi connectivity index (χ4v) is 4.53. The van der Waals surface area contributed by atoms with Crippen molar-refractivity contribution in [3.63, 3.8) is 0 Å². The van der Waals surface area contributed by atoms with Crippen LogP contribution in [0.5, 0.6) is 0 Å². The lowest BCUT2D eigenvalue weighted by atomic mass is 9.60. The lowest BCUT2D eigenvalue weighted by molar-refractivity contribution is -0.0619. The topological polar surface area (TPSA) is 44.0 Å². The van der Waals surface area contributed by atoms with Crippen molar-refractivity contribution in [3.05, 3.63) is 35.4 Å². The van der Waals surface area contributed by atoms with Gasteiger partial charge in [0.1, 0.15) is 5.41 Å². The number of hydrogen-bond acceptors (Lipinski definition) is 2. The molecule has 2 nitrogen and oxygen atoms in total. The summed E-state index contributed by atoms with van der Waals surface area (Å²) in [5.41, 5.74) is 0.794. The first-order valence-corrected chi connectivity index (χ1v) is 8.24. The first-order chi connectivity index (χ1) is 10.0. The second-order valence-corrected chi connectivity index (χ2v) is 7.29. The van der Waals surface area contributed by atoms with Crippen molar-refractivity contribution in [2.24, 2.45) is 11.8 Å². The highest BCUT2D eigenvalue weighted by atomic mass is 16.3. The molecule has 0 radical (unpaired) electrons. The Hall–Kier alpha value is -1.33. The van der Waals surface area contributed by atoms with Gasteiger partial charge in [-0.25, -0.2) is 0 Å². The van der Waals surface area contributed by atoms with Gasteiger partial charge >= 0.3 is 0 Å². The summed E-state index contributed by atoms with van der Waals surface area (Å²) < 4.78 is 0. The maximum absolute atomic E-state index is 11.3. The Morgan fingerprint density at radius 1 is 1.19 bits per heavy atom. The maximum Gasteiger partial charge on any atom is 0.111 e. The smallest absolute Gasteiger partial charge is 0.111 e. The minimum Gasteiger partial charge on any atom is -0.388 e. The molecule has 0 heterocycles. The molecule has 0 bridgehead atoms. The average molecular weight is 283 g/mol. The third-order valence-electron chi connectivity index (χ3n) is 6.03. The van der Waals surface area contributed by atoms with Crippen LogP contribution < -0.4 is 0 Å². The Morgan fingerprint density at radius 2 is 1.86 bits per heavy atom. The highest BCUT2D eigenvalue weighted by Gasteiger charge is 2.55. The molecule has 0 aliphatic heterocycles. The summed E-state index contributed by atoms with van der Waals surface area (Å²) in [6.45, 7) is 4.53. The molecule has 1 aromatic carbocycles. The number of nitriles is 1. The lowest BCUT2D eigenvalue weighted by Gasteiger charge is -2.46. The molecule has 1 saturated carbocycles. The molecule has 0 saturated heterocycles. The van der Waals surface area contributed by atoms with Crippen LogP contribution in [0.1, 0.15) is 57.1 Å². The number of nitrogens with zero attached hydrogens (tertiary/aromatic N) is 1. The number of benzene rings is 1. The molecule has 21 heavy (non-hydrogen) atoms. The van der Waals surface area contributed by atoms with Crippen molar-refractivity contribution >= 4 is 0 Å². The molecule has 2 heteroatoms. The van der Waals surface area contributed by atoms with Gasteiger partial charge in [0.25, 0.3) is 0 Å². The Morgan fingerprint density at radius 3 is 2.48 bits per heavy atom. The van der Waals surface area contributed by atoms with E-state index >= 15 is 0 Å². The maximum atomic E-state index is 11.3. The third kappa shape index (κ3) is 2.10. The highest BCUT2D eigenvalue weighted by molar-refractivity contribution is 5.47. The van der Waals surface area contributed by atoms with E-state index in [4.69, 9.17) is 0 Å². The van der Waals surface area contributed by atoms with Crippen molar-refractivity contribution in [1.82, 2.24) is 0 Å². The van der Waals surface area contributed by atoms with Crippen LogP contribution in [0.15, 0.2) is 24.3 Å². The molecule has 2 aliphatic rings. The van der Waals surface area contributed by atoms with Gasteiger partial charge < -0.3 is 5.11 Å². The summed E-state index contributed by atoms with van der Waals surface area (Å²) in [5.74, 6) is 1.36. The van der Waals surface area contributed by atoms with Gasteiger partial charge in [0, 0.05) is 0 Å². The van der Waals surface area contributed by atoms with E-state index in [9.17, 15) is 10.4 Å². The van der Waals surface area contributed by atoms with Crippen LogP contribution in [-0.2, 0) is 11.8 Å². The highest BCUT2D eigenvalue weighted by Crippen LogP contribution is 2.52. The molecule has 3 rings (SSSR count). The molecule has 1 unspecified atom stereocenters. The largest absolute Gasteiger partial charge is 0.388 e. The minimum absolute atomic E-state index is 0.670. The Bertz CT molecular complexity index is 563. The van der Waals surface area contributed by atoms with E-state index in [0.29, 0.717) is 11.8 Å². The Balaban J connectivity index is 1.94. The number of hydrogen-bond donors (Lipinski definition) is 1. The lowest BCUT2D eigenvalue weighted by Crippen LogP contribution is -2.52. The average Bonchev–Trinajstić information content (AvgIpc) is 2.88. The summed E-state index contributed by atoms with van der Waals surface area (Å²) in [4.78, 5) is 0. The van der Waals surface area contributed by atoms with Crippen molar-refractivity contribution in [2.45, 2.75) is 63.4 Å². The molecule has 1 aromatic rings. The second-order valence-electron chi connectivity index (χ2n) is 7.29. The van der Waals surface area contributed by atoms with Crippen LogP contribution in [0.3, 0.4) is 0 Å². The predicted molar refractivity (Wildman–Crippen MR) is 83.8 cm³/mol. The van der Waals surface area contributed by atoms with Crippen LogP contribution >= 0.6 is 0 Å². The summed E-state index contributed by atoms with van der Waals surface area (Å²) in [6.07, 6.45) is 5.29. The molecule has 0 spiro atoms. The van der Waals surface area contributed by atoms with Crippen LogP contribution in [0, 0.1) is 23.2 Å². The van der Waals surface area contributed by atoms with E-state index in [1.165, 1.54) is 5.56 Å². The zero-order chi connectivity index (χ0) is 15.1. The normalized spacial score (nSPS) is 35.5. The van der Waals surface area contributed by atoms with Gasteiger partial charge in [0.15, 0.2) is 0 Å². The van der Waals surface area contributed by atoms with Crippen LogP contribution in [-0.4, -0.2) is 10.7 Å². The van der Waals surface area contributed by atoms with Gasteiger partial charge in [-0.1, -0.05) is 38.1 Å². The van der Waals surface area contributed by atoms with Gasteiger partial charge in [-0.2, -0.15) is 5.26 Å². The first-order valence-electron chi connectivity index (χ1n) is 8.24. The van der Waals surface area contributed by atoms with Crippen LogP contribution in [0.2, 0.25) is 0 Å². The molecule has 2 aliphatic carbocycles. The second kappa shape index (κ2) is 5.14. The van der Waals surface area contributed by atoms with Gasteiger partial charge in [0.2, 0.25) is 0 Å². The predicted octanol–water partition coefficient (Wildman–Crippen LogP) is 3.97. The van der Waals surface area contributed by atoms with E-state index in [1.807, 2.05) is 12.1 Å². The zero-order valence-electron chi connectivity index (χ0n) is 13.1. The fraction of sp³-hybridized carbons (Fsp3) is 0.632. The fourth-order valence-electron chi connectivity index (χ4n) is 4.53. The van der Waals surface area contributed by atoms with Crippen molar-refractivity contribution in [2.75, 3.05) is 0 Å². The van der Waals surface area contributed by atoms with Crippen LogP contribution in [0.4, 0.5) is 0 Å². The minimum atomic E-state index is -0.847. The monoisotopic (exact) mass is 283 g/mol. The third-order valence-corrected chi connectivity index (χ3v) is 6.03. The van der Waals surface area contributed by atoms with Crippen molar-refractivity contribution in [3.8, 4) is 6.07 Å². The molecule has 112 valence electrons. The standard InChI is InChI=1S/C19H25NO/c1-14(2)15-8-11-19(21,12-9-15)18(13-20)10-7-16-5-3-4-6-17(16)18/h3-6,14-15,21H,7-12H2,1-2H3. The van der Waals surface area contributed by atoms with Crippen LogP contribution in [0.25, 0.3) is 0 Å². The molecule has 1 fully saturated rings. The molecular weight excluding hydrogens is 258 g/mol.